The van der Waals surface area contributed by atoms with Crippen LogP contribution in [0.25, 0.3) is 0 Å². The third-order valence-corrected chi connectivity index (χ3v) is 4.54. The van der Waals surface area contributed by atoms with Gasteiger partial charge in [-0.3, -0.25) is 4.79 Å². The van der Waals surface area contributed by atoms with Gasteiger partial charge in [0.25, 0.3) is 0 Å². The quantitative estimate of drug-likeness (QED) is 0.842. The van der Waals surface area contributed by atoms with Gasteiger partial charge in [0, 0.05) is 11.6 Å². The molecule has 3 unspecified atom stereocenters. The Morgan fingerprint density at radius 3 is 2.53 bits per heavy atom. The molecule has 0 aliphatic heterocycles. The molecular formula is C17H25NO. The van der Waals surface area contributed by atoms with Gasteiger partial charge in [-0.1, -0.05) is 19.9 Å². The molecule has 19 heavy (non-hydrogen) atoms. The smallest absolute Gasteiger partial charge is 0.227 e. The third-order valence-electron chi connectivity index (χ3n) is 4.54. The molecule has 1 aromatic rings. The van der Waals surface area contributed by atoms with E-state index in [0.29, 0.717) is 5.92 Å². The van der Waals surface area contributed by atoms with Gasteiger partial charge in [0.05, 0.1) is 0 Å². The van der Waals surface area contributed by atoms with E-state index in [-0.39, 0.29) is 11.8 Å². The number of aryl methyl sites for hydroxylation is 2. The first-order chi connectivity index (χ1) is 8.97. The van der Waals surface area contributed by atoms with Crippen molar-refractivity contribution in [2.24, 2.45) is 17.8 Å². The lowest BCUT2D eigenvalue weighted by molar-refractivity contribution is -0.122. The average Bonchev–Trinajstić information content (AvgIpc) is 2.33. The second kappa shape index (κ2) is 5.77. The van der Waals surface area contributed by atoms with E-state index < -0.39 is 0 Å². The van der Waals surface area contributed by atoms with Crippen LogP contribution in [0.4, 0.5) is 5.69 Å². The molecule has 0 spiro atoms. The van der Waals surface area contributed by atoms with Crippen LogP contribution in [0.2, 0.25) is 0 Å². The molecule has 1 fully saturated rings. The number of nitrogens with one attached hydrogen (secondary N) is 1. The number of rotatable bonds is 2. The molecule has 104 valence electrons. The number of anilines is 1. The minimum atomic E-state index is 0.179. The zero-order valence-electron chi connectivity index (χ0n) is 12.5. The van der Waals surface area contributed by atoms with Gasteiger partial charge in [-0.25, -0.2) is 0 Å². The number of hydrogen-bond acceptors (Lipinski definition) is 1. The molecule has 0 bridgehead atoms. The molecule has 1 amide bonds. The summed E-state index contributed by atoms with van der Waals surface area (Å²) in [6, 6.07) is 6.12. The largest absolute Gasteiger partial charge is 0.326 e. The Hall–Kier alpha value is -1.31. The summed E-state index contributed by atoms with van der Waals surface area (Å²) in [6.45, 7) is 8.66. The lowest BCUT2D eigenvalue weighted by Crippen LogP contribution is -2.32. The number of carbonyl (C=O) groups excluding carboxylic acids is 1. The van der Waals surface area contributed by atoms with Gasteiger partial charge >= 0.3 is 0 Å². The van der Waals surface area contributed by atoms with E-state index in [2.05, 4.69) is 45.1 Å². The Bertz CT molecular complexity index is 466. The van der Waals surface area contributed by atoms with E-state index in [1.54, 1.807) is 0 Å². The van der Waals surface area contributed by atoms with Crippen molar-refractivity contribution in [3.8, 4) is 0 Å². The van der Waals surface area contributed by atoms with E-state index in [9.17, 15) is 4.79 Å². The maximum Gasteiger partial charge on any atom is 0.227 e. The molecule has 2 rings (SSSR count). The fourth-order valence-electron chi connectivity index (χ4n) is 3.11. The van der Waals surface area contributed by atoms with Gasteiger partial charge < -0.3 is 5.32 Å². The molecule has 0 radical (unpaired) electrons. The summed E-state index contributed by atoms with van der Waals surface area (Å²) in [4.78, 5) is 12.4. The topological polar surface area (TPSA) is 29.1 Å². The standard InChI is InChI=1S/C17H25NO/c1-11-5-8-16(14(4)9-11)17(19)18-15-7-6-12(2)13(3)10-15/h6-7,10-11,14,16H,5,8-9H2,1-4H3,(H,18,19). The zero-order chi connectivity index (χ0) is 14.0. The second-order valence-corrected chi connectivity index (χ2v) is 6.29. The first-order valence-corrected chi connectivity index (χ1v) is 7.35. The molecule has 2 heteroatoms. The third kappa shape index (κ3) is 3.37. The van der Waals surface area contributed by atoms with E-state index in [4.69, 9.17) is 0 Å². The average molecular weight is 259 g/mol. The van der Waals surface area contributed by atoms with Gasteiger partial charge in [-0.15, -0.1) is 0 Å². The van der Waals surface area contributed by atoms with Gasteiger partial charge in [-0.2, -0.15) is 0 Å². The molecular weight excluding hydrogens is 234 g/mol. The van der Waals surface area contributed by atoms with Crippen LogP contribution in [0.5, 0.6) is 0 Å². The first-order valence-electron chi connectivity index (χ1n) is 7.35. The molecule has 2 nitrogen and oxygen atoms in total. The highest BCUT2D eigenvalue weighted by Gasteiger charge is 2.30. The Balaban J connectivity index is 2.02. The molecule has 1 saturated carbocycles. The van der Waals surface area contributed by atoms with E-state index in [0.717, 1.165) is 18.0 Å². The summed E-state index contributed by atoms with van der Waals surface area (Å²) < 4.78 is 0. The Morgan fingerprint density at radius 2 is 1.89 bits per heavy atom. The maximum absolute atomic E-state index is 12.4. The number of benzene rings is 1. The van der Waals surface area contributed by atoms with Crippen molar-refractivity contribution in [2.75, 3.05) is 5.32 Å². The highest BCUT2D eigenvalue weighted by Crippen LogP contribution is 2.34. The van der Waals surface area contributed by atoms with E-state index in [1.165, 1.54) is 24.0 Å². The van der Waals surface area contributed by atoms with Crippen LogP contribution in [-0.2, 0) is 4.79 Å². The van der Waals surface area contributed by atoms with Crippen molar-refractivity contribution >= 4 is 11.6 Å². The monoisotopic (exact) mass is 259 g/mol. The summed E-state index contributed by atoms with van der Waals surface area (Å²) in [6.07, 6.45) is 3.37. The Morgan fingerprint density at radius 1 is 1.16 bits per heavy atom. The van der Waals surface area contributed by atoms with Crippen LogP contribution in [-0.4, -0.2) is 5.91 Å². The molecule has 1 aromatic carbocycles. The summed E-state index contributed by atoms with van der Waals surface area (Å²) >= 11 is 0. The molecule has 0 saturated heterocycles. The SMILES string of the molecule is Cc1ccc(NC(=O)C2CCC(C)CC2C)cc1C. The van der Waals surface area contributed by atoms with Gasteiger partial charge in [0.15, 0.2) is 0 Å². The molecule has 0 aromatic heterocycles. The van der Waals surface area contributed by atoms with E-state index in [1.807, 2.05) is 6.07 Å². The molecule has 3 atom stereocenters. The molecule has 1 N–H and O–H groups in total. The number of amides is 1. The molecule has 1 aliphatic carbocycles. The Kier molecular flexibility index (Phi) is 4.28. The van der Waals surface area contributed by atoms with Crippen molar-refractivity contribution in [1.29, 1.82) is 0 Å². The minimum Gasteiger partial charge on any atom is -0.326 e. The minimum absolute atomic E-state index is 0.179. The van der Waals surface area contributed by atoms with Gasteiger partial charge in [-0.05, 0) is 68.2 Å². The summed E-state index contributed by atoms with van der Waals surface area (Å²) in [5.74, 6) is 1.64. The summed E-state index contributed by atoms with van der Waals surface area (Å²) in [5.41, 5.74) is 3.42. The van der Waals surface area contributed by atoms with Crippen LogP contribution in [0.3, 0.4) is 0 Å². The van der Waals surface area contributed by atoms with Crippen LogP contribution in [0.1, 0.15) is 44.2 Å². The summed E-state index contributed by atoms with van der Waals surface area (Å²) in [5, 5.41) is 3.09. The van der Waals surface area contributed by atoms with Crippen molar-refractivity contribution < 1.29 is 4.79 Å². The predicted octanol–water partition coefficient (Wildman–Crippen LogP) is 4.31. The van der Waals surface area contributed by atoms with Crippen LogP contribution < -0.4 is 5.32 Å². The summed E-state index contributed by atoms with van der Waals surface area (Å²) in [7, 11) is 0. The lowest BCUT2D eigenvalue weighted by Gasteiger charge is -2.31. The van der Waals surface area contributed by atoms with Crippen LogP contribution >= 0.6 is 0 Å². The van der Waals surface area contributed by atoms with Crippen molar-refractivity contribution in [3.63, 3.8) is 0 Å². The van der Waals surface area contributed by atoms with Crippen LogP contribution in [0, 0.1) is 31.6 Å². The highest BCUT2D eigenvalue weighted by molar-refractivity contribution is 5.92. The van der Waals surface area contributed by atoms with E-state index >= 15 is 0 Å². The fourth-order valence-corrected chi connectivity index (χ4v) is 3.11. The Labute approximate surface area is 116 Å². The van der Waals surface area contributed by atoms with Crippen molar-refractivity contribution in [1.82, 2.24) is 0 Å². The van der Waals surface area contributed by atoms with Crippen molar-refractivity contribution in [3.05, 3.63) is 29.3 Å². The predicted molar refractivity (Wildman–Crippen MR) is 80.2 cm³/mol. The first kappa shape index (κ1) is 14.1. The second-order valence-electron chi connectivity index (χ2n) is 6.29. The maximum atomic E-state index is 12.4. The molecule has 1 aliphatic rings. The van der Waals surface area contributed by atoms with Gasteiger partial charge in [0.2, 0.25) is 5.91 Å². The number of carbonyl (C=O) groups is 1. The van der Waals surface area contributed by atoms with Crippen LogP contribution in [0.15, 0.2) is 18.2 Å². The number of hydrogen-bond donors (Lipinski definition) is 1. The molecule has 0 heterocycles. The van der Waals surface area contributed by atoms with Crippen molar-refractivity contribution in [2.45, 2.75) is 47.0 Å². The normalized spacial score (nSPS) is 27.1. The van der Waals surface area contributed by atoms with Gasteiger partial charge in [0.1, 0.15) is 0 Å². The highest BCUT2D eigenvalue weighted by atomic mass is 16.1. The zero-order valence-corrected chi connectivity index (χ0v) is 12.5. The fraction of sp³-hybridized carbons (Fsp3) is 0.588. The lowest BCUT2D eigenvalue weighted by atomic mass is 9.75.